The van der Waals surface area contributed by atoms with Crippen LogP contribution in [0.2, 0.25) is 0 Å². The Morgan fingerprint density at radius 1 is 0.387 bits per heavy atom. The van der Waals surface area contributed by atoms with Gasteiger partial charge in [0.05, 0.1) is 5.69 Å². The molecule has 11 rings (SSSR count). The van der Waals surface area contributed by atoms with Crippen molar-refractivity contribution in [3.63, 3.8) is 0 Å². The molecule has 0 aromatic heterocycles. The molecule has 8 aromatic carbocycles. The second kappa shape index (κ2) is 17.1. The van der Waals surface area contributed by atoms with Crippen molar-refractivity contribution < 1.29 is 0 Å². The Hall–Kier alpha value is -6.78. The molecule has 0 N–H and O–H groups in total. The fourth-order valence-corrected chi connectivity index (χ4v) is 12.4. The van der Waals surface area contributed by atoms with Crippen LogP contribution >= 0.6 is 0 Å². The Labute approximate surface area is 450 Å². The molecule has 0 amide bonds. The molecule has 0 saturated heterocycles. The summed E-state index contributed by atoms with van der Waals surface area (Å²) in [5.74, 6) is 0. The molecule has 3 aliphatic rings. The maximum Gasteiger partial charge on any atom is 0.252 e. The molecular weight excluding hydrogens is 906 g/mol. The van der Waals surface area contributed by atoms with Crippen molar-refractivity contribution in [1.82, 2.24) is 0 Å². The minimum Gasteiger partial charge on any atom is -0.311 e. The quantitative estimate of drug-likeness (QED) is 0.159. The van der Waals surface area contributed by atoms with E-state index in [1.165, 1.54) is 101 Å². The Morgan fingerprint density at radius 2 is 0.800 bits per heavy atom. The van der Waals surface area contributed by atoms with Gasteiger partial charge in [0, 0.05) is 56.5 Å². The van der Waals surface area contributed by atoms with E-state index in [1.54, 1.807) is 0 Å². The van der Waals surface area contributed by atoms with Gasteiger partial charge < -0.3 is 14.7 Å². The van der Waals surface area contributed by atoms with Crippen molar-refractivity contribution in [1.29, 1.82) is 0 Å². The van der Waals surface area contributed by atoms with Crippen LogP contribution in [0, 0.1) is 0 Å². The first-order valence-electron chi connectivity index (χ1n) is 27.6. The zero-order valence-electron chi connectivity index (χ0n) is 48.0. The third-order valence-corrected chi connectivity index (χ3v) is 16.8. The van der Waals surface area contributed by atoms with Crippen LogP contribution in [0.3, 0.4) is 0 Å². The number of hydrogen-bond donors (Lipinski definition) is 0. The molecule has 8 aromatic rings. The van der Waals surface area contributed by atoms with Gasteiger partial charge in [-0.25, -0.2) is 0 Å². The predicted octanol–water partition coefficient (Wildman–Crippen LogP) is 18.0. The summed E-state index contributed by atoms with van der Waals surface area (Å²) >= 11 is 0. The van der Waals surface area contributed by atoms with Gasteiger partial charge >= 0.3 is 0 Å². The normalized spacial score (nSPS) is 14.8. The average Bonchev–Trinajstić information content (AvgIpc) is 3.68. The van der Waals surface area contributed by atoms with Gasteiger partial charge in [-0.2, -0.15) is 0 Å². The molecular formula is C71H78BN3. The van der Waals surface area contributed by atoms with Gasteiger partial charge in [0.1, 0.15) is 0 Å². The molecule has 2 heterocycles. The number of anilines is 9. The Kier molecular flexibility index (Phi) is 11.5. The van der Waals surface area contributed by atoms with Crippen molar-refractivity contribution in [3.8, 4) is 11.1 Å². The summed E-state index contributed by atoms with van der Waals surface area (Å²) in [5.41, 5.74) is 26.4. The lowest BCUT2D eigenvalue weighted by Crippen LogP contribution is -2.63. The van der Waals surface area contributed by atoms with Crippen LogP contribution in [0.1, 0.15) is 157 Å². The number of fused-ring (bicyclic) bond motifs is 8. The van der Waals surface area contributed by atoms with Crippen LogP contribution in [0.15, 0.2) is 164 Å². The molecule has 0 unspecified atom stereocenters. The molecule has 0 bridgehead atoms. The van der Waals surface area contributed by atoms with Gasteiger partial charge in [-0.15, -0.1) is 0 Å². The van der Waals surface area contributed by atoms with E-state index in [4.69, 9.17) is 0 Å². The summed E-state index contributed by atoms with van der Waals surface area (Å²) in [6, 6.07) is 64.0. The van der Waals surface area contributed by atoms with Gasteiger partial charge in [-0.3, -0.25) is 0 Å². The van der Waals surface area contributed by atoms with Gasteiger partial charge in [0.15, 0.2) is 0 Å². The maximum atomic E-state index is 2.63. The first kappa shape index (κ1) is 50.4. The molecule has 380 valence electrons. The molecule has 0 atom stereocenters. The van der Waals surface area contributed by atoms with E-state index in [-0.39, 0.29) is 39.2 Å². The highest BCUT2D eigenvalue weighted by atomic mass is 15.2. The molecule has 0 radical (unpaired) electrons. The SMILES string of the molecule is CC(C)(C)c1ccc(N(c2ccc(C(C)(C)C)cc2)c2cc3c(c4c2-c2ccccc2C4(C)C)B2c4cc(C(C)(C)C)ccc4N(c4ccc(C(C)(C)C)cc4)c4cccc(c42)N3c2ccc(C(C)(C)C)cc2)cc1. The van der Waals surface area contributed by atoms with Crippen molar-refractivity contribution in [2.45, 2.75) is 150 Å². The highest BCUT2D eigenvalue weighted by Gasteiger charge is 2.50. The zero-order chi connectivity index (χ0) is 53.5. The Balaban J connectivity index is 1.29. The summed E-state index contributed by atoms with van der Waals surface area (Å²) < 4.78 is 0. The van der Waals surface area contributed by atoms with Crippen LogP contribution in [0.5, 0.6) is 0 Å². The van der Waals surface area contributed by atoms with Crippen LogP contribution in [-0.4, -0.2) is 6.71 Å². The molecule has 2 aliphatic heterocycles. The highest BCUT2D eigenvalue weighted by molar-refractivity contribution is 7.00. The van der Waals surface area contributed by atoms with Crippen molar-refractivity contribution >= 4 is 74.3 Å². The smallest absolute Gasteiger partial charge is 0.252 e. The maximum absolute atomic E-state index is 2.63. The molecule has 4 heteroatoms. The topological polar surface area (TPSA) is 9.72 Å². The van der Waals surface area contributed by atoms with Gasteiger partial charge in [-0.1, -0.05) is 209 Å². The van der Waals surface area contributed by atoms with Crippen LogP contribution < -0.4 is 31.1 Å². The van der Waals surface area contributed by atoms with Crippen LogP contribution in [0.4, 0.5) is 51.2 Å². The summed E-state index contributed by atoms with van der Waals surface area (Å²) in [5, 5.41) is 0. The van der Waals surface area contributed by atoms with E-state index in [2.05, 4.69) is 296 Å². The monoisotopic (exact) mass is 984 g/mol. The van der Waals surface area contributed by atoms with Gasteiger partial charge in [0.2, 0.25) is 0 Å². The minimum absolute atomic E-state index is 0.00221. The fraction of sp³-hybridized carbons (Fsp3) is 0.324. The second-order valence-corrected chi connectivity index (χ2v) is 27.6. The largest absolute Gasteiger partial charge is 0.311 e. The van der Waals surface area contributed by atoms with E-state index >= 15 is 0 Å². The molecule has 1 aliphatic carbocycles. The first-order chi connectivity index (χ1) is 35.1. The fourth-order valence-electron chi connectivity index (χ4n) is 12.4. The average molecular weight is 984 g/mol. The number of hydrogen-bond acceptors (Lipinski definition) is 3. The third kappa shape index (κ3) is 8.34. The van der Waals surface area contributed by atoms with E-state index in [0.29, 0.717) is 0 Å². The lowest BCUT2D eigenvalue weighted by Gasteiger charge is -2.46. The third-order valence-electron chi connectivity index (χ3n) is 16.8. The lowest BCUT2D eigenvalue weighted by atomic mass is 9.32. The Bertz CT molecular complexity index is 3450. The number of nitrogens with zero attached hydrogens (tertiary/aromatic N) is 3. The van der Waals surface area contributed by atoms with Gasteiger partial charge in [-0.05, 0) is 161 Å². The highest BCUT2D eigenvalue weighted by Crippen LogP contribution is 2.57. The van der Waals surface area contributed by atoms with Gasteiger partial charge in [0.25, 0.3) is 6.71 Å². The predicted molar refractivity (Wildman–Crippen MR) is 326 cm³/mol. The van der Waals surface area contributed by atoms with E-state index < -0.39 is 0 Å². The van der Waals surface area contributed by atoms with Crippen molar-refractivity contribution in [2.24, 2.45) is 0 Å². The van der Waals surface area contributed by atoms with E-state index in [1.807, 2.05) is 0 Å². The molecule has 0 spiro atoms. The molecule has 0 fully saturated rings. The van der Waals surface area contributed by atoms with Crippen molar-refractivity contribution in [3.05, 3.63) is 203 Å². The minimum atomic E-state index is -0.361. The number of benzene rings is 8. The second-order valence-electron chi connectivity index (χ2n) is 27.6. The summed E-state index contributed by atoms with van der Waals surface area (Å²) in [4.78, 5) is 7.76. The van der Waals surface area contributed by atoms with Crippen LogP contribution in [0.25, 0.3) is 11.1 Å². The first-order valence-corrected chi connectivity index (χ1v) is 27.6. The summed E-state index contributed by atoms with van der Waals surface area (Å²) in [6.07, 6.45) is 0. The molecule has 0 saturated carbocycles. The zero-order valence-corrected chi connectivity index (χ0v) is 48.0. The lowest BCUT2D eigenvalue weighted by molar-refractivity contribution is 0.590. The molecule has 3 nitrogen and oxygen atoms in total. The summed E-state index contributed by atoms with van der Waals surface area (Å²) in [7, 11) is 0. The van der Waals surface area contributed by atoms with Crippen molar-refractivity contribution in [2.75, 3.05) is 14.7 Å². The standard InChI is InChI=1S/C71H78BN3/c1-66(2,3)45-25-34-50(35-26-45)73(51-36-27-46(28-37-51)67(4,5)6)60-44-61-65(63-62(60)54-21-18-19-22-55(54)71(63,16)17)72-56-43-49(70(13,14)15)33-42-57(56)74(52-38-29-47(30-39-52)68(7,8)9)58-23-20-24-59(64(58)72)75(61)53-40-31-48(32-41-53)69(10,11)12/h18-44H,1-17H3. The summed E-state index contributed by atoms with van der Waals surface area (Å²) in [6.45, 7) is 39.7. The molecule has 75 heavy (non-hydrogen) atoms. The Morgan fingerprint density at radius 3 is 1.25 bits per heavy atom. The van der Waals surface area contributed by atoms with Crippen LogP contribution in [-0.2, 0) is 32.5 Å². The van der Waals surface area contributed by atoms with E-state index in [0.717, 1.165) is 17.1 Å². The van der Waals surface area contributed by atoms with E-state index in [9.17, 15) is 0 Å². The number of rotatable bonds is 5.